The van der Waals surface area contributed by atoms with E-state index in [0.29, 0.717) is 26.2 Å². The number of piperazine rings is 1. The highest BCUT2D eigenvalue weighted by Crippen LogP contribution is 2.30. The molecule has 4 nitrogen and oxygen atoms in total. The van der Waals surface area contributed by atoms with Crippen molar-refractivity contribution in [1.82, 2.24) is 9.21 Å². The molecule has 1 aliphatic heterocycles. The predicted molar refractivity (Wildman–Crippen MR) is 72.3 cm³/mol. The molecule has 0 spiro atoms. The Labute approximate surface area is 122 Å². The zero-order chi connectivity index (χ0) is 15.7. The van der Waals surface area contributed by atoms with Gasteiger partial charge in [0.2, 0.25) is 10.0 Å². The summed E-state index contributed by atoms with van der Waals surface area (Å²) in [6, 6.07) is 3.64. The standard InChI is InChI=1S/C13H17F3N2O2S/c1-2-17-7-9-18(10-8-17)21(19,20)12-5-3-11(4-6-12)13(14,15)16/h3-6H,2,7-10H2,1H3. The van der Waals surface area contributed by atoms with Crippen molar-refractivity contribution in [1.29, 1.82) is 0 Å². The molecule has 0 saturated carbocycles. The number of nitrogens with zero attached hydrogens (tertiary/aromatic N) is 2. The normalized spacial score (nSPS) is 18.9. The zero-order valence-electron chi connectivity index (χ0n) is 11.6. The topological polar surface area (TPSA) is 40.6 Å². The van der Waals surface area contributed by atoms with Crippen LogP contribution in [-0.2, 0) is 16.2 Å². The van der Waals surface area contributed by atoms with Crippen molar-refractivity contribution in [2.75, 3.05) is 32.7 Å². The summed E-state index contributed by atoms with van der Waals surface area (Å²) in [6.07, 6.45) is -4.46. The molecule has 0 aliphatic carbocycles. The van der Waals surface area contributed by atoms with Crippen LogP contribution < -0.4 is 0 Å². The van der Waals surface area contributed by atoms with E-state index in [2.05, 4.69) is 4.90 Å². The molecule has 1 saturated heterocycles. The Morgan fingerprint density at radius 3 is 2.00 bits per heavy atom. The summed E-state index contributed by atoms with van der Waals surface area (Å²) in [5.74, 6) is 0. The van der Waals surface area contributed by atoms with Gasteiger partial charge in [0.25, 0.3) is 0 Å². The summed E-state index contributed by atoms with van der Waals surface area (Å²) in [6.45, 7) is 4.84. The van der Waals surface area contributed by atoms with Crippen molar-refractivity contribution >= 4 is 10.0 Å². The lowest BCUT2D eigenvalue weighted by Crippen LogP contribution is -2.48. The van der Waals surface area contributed by atoms with Gasteiger partial charge in [-0.1, -0.05) is 6.92 Å². The van der Waals surface area contributed by atoms with Crippen LogP contribution in [0.25, 0.3) is 0 Å². The van der Waals surface area contributed by atoms with Crippen molar-refractivity contribution in [2.24, 2.45) is 0 Å². The molecule has 21 heavy (non-hydrogen) atoms. The first-order valence-corrected chi connectivity index (χ1v) is 8.09. The maximum Gasteiger partial charge on any atom is 0.416 e. The Bertz CT molecular complexity index is 576. The second-order valence-electron chi connectivity index (χ2n) is 4.86. The van der Waals surface area contributed by atoms with Gasteiger partial charge in [-0.05, 0) is 30.8 Å². The van der Waals surface area contributed by atoms with Crippen molar-refractivity contribution in [3.05, 3.63) is 29.8 Å². The minimum absolute atomic E-state index is 0.0968. The Morgan fingerprint density at radius 2 is 1.57 bits per heavy atom. The highest BCUT2D eigenvalue weighted by Gasteiger charge is 2.32. The predicted octanol–water partition coefficient (Wildman–Crippen LogP) is 2.03. The van der Waals surface area contributed by atoms with Crippen molar-refractivity contribution in [3.63, 3.8) is 0 Å². The summed E-state index contributed by atoms with van der Waals surface area (Å²) >= 11 is 0. The summed E-state index contributed by atoms with van der Waals surface area (Å²) in [5.41, 5.74) is -0.850. The molecule has 1 fully saturated rings. The van der Waals surface area contributed by atoms with Gasteiger partial charge >= 0.3 is 6.18 Å². The molecule has 0 aromatic heterocycles. The molecular formula is C13H17F3N2O2S. The molecule has 0 N–H and O–H groups in total. The van der Waals surface area contributed by atoms with Crippen LogP contribution in [0.5, 0.6) is 0 Å². The third-order valence-electron chi connectivity index (χ3n) is 3.60. The molecule has 8 heteroatoms. The van der Waals surface area contributed by atoms with Crippen LogP contribution in [0.1, 0.15) is 12.5 Å². The van der Waals surface area contributed by atoms with E-state index in [1.165, 1.54) is 4.31 Å². The average molecular weight is 322 g/mol. The lowest BCUT2D eigenvalue weighted by atomic mass is 10.2. The van der Waals surface area contributed by atoms with Crippen molar-refractivity contribution < 1.29 is 21.6 Å². The van der Waals surface area contributed by atoms with Crippen LogP contribution in [0.4, 0.5) is 13.2 Å². The van der Waals surface area contributed by atoms with E-state index >= 15 is 0 Å². The van der Waals surface area contributed by atoms with E-state index in [0.717, 1.165) is 30.8 Å². The van der Waals surface area contributed by atoms with E-state index < -0.39 is 21.8 Å². The van der Waals surface area contributed by atoms with Crippen LogP contribution in [0, 0.1) is 0 Å². The smallest absolute Gasteiger partial charge is 0.301 e. The van der Waals surface area contributed by atoms with Gasteiger partial charge in [0.1, 0.15) is 0 Å². The van der Waals surface area contributed by atoms with E-state index in [9.17, 15) is 21.6 Å². The number of rotatable bonds is 3. The first-order chi connectivity index (χ1) is 9.75. The van der Waals surface area contributed by atoms with Gasteiger partial charge in [0.15, 0.2) is 0 Å². The molecular weight excluding hydrogens is 305 g/mol. The minimum Gasteiger partial charge on any atom is -0.301 e. The van der Waals surface area contributed by atoms with Crippen molar-refractivity contribution in [2.45, 2.75) is 18.0 Å². The number of likely N-dealkylation sites (N-methyl/N-ethyl adjacent to an activating group) is 1. The van der Waals surface area contributed by atoms with Crippen LogP contribution in [0.15, 0.2) is 29.2 Å². The summed E-state index contributed by atoms with van der Waals surface area (Å²) in [7, 11) is -3.72. The van der Waals surface area contributed by atoms with Gasteiger partial charge < -0.3 is 4.90 Å². The first kappa shape index (κ1) is 16.3. The van der Waals surface area contributed by atoms with Gasteiger partial charge in [-0.3, -0.25) is 0 Å². The van der Waals surface area contributed by atoms with Crippen LogP contribution in [-0.4, -0.2) is 50.3 Å². The third kappa shape index (κ3) is 3.56. The Morgan fingerprint density at radius 1 is 1.05 bits per heavy atom. The van der Waals surface area contributed by atoms with Crippen LogP contribution in [0.3, 0.4) is 0 Å². The molecule has 0 radical (unpaired) electrons. The monoisotopic (exact) mass is 322 g/mol. The second-order valence-corrected chi connectivity index (χ2v) is 6.80. The van der Waals surface area contributed by atoms with E-state index in [-0.39, 0.29) is 4.90 Å². The summed E-state index contributed by atoms with van der Waals surface area (Å²) in [4.78, 5) is 2.03. The number of alkyl halides is 3. The molecule has 0 atom stereocenters. The molecule has 2 rings (SSSR count). The molecule has 0 amide bonds. The fourth-order valence-electron chi connectivity index (χ4n) is 2.25. The third-order valence-corrected chi connectivity index (χ3v) is 5.51. The second kappa shape index (κ2) is 5.94. The van der Waals surface area contributed by atoms with E-state index in [1.54, 1.807) is 0 Å². The largest absolute Gasteiger partial charge is 0.416 e. The molecule has 118 valence electrons. The molecule has 1 aromatic carbocycles. The molecule has 1 aliphatic rings. The fourth-order valence-corrected chi connectivity index (χ4v) is 3.67. The molecule has 1 heterocycles. The van der Waals surface area contributed by atoms with Gasteiger partial charge in [0, 0.05) is 26.2 Å². The van der Waals surface area contributed by atoms with Crippen molar-refractivity contribution in [3.8, 4) is 0 Å². The van der Waals surface area contributed by atoms with Gasteiger partial charge in [0.05, 0.1) is 10.5 Å². The quantitative estimate of drug-likeness (QED) is 0.855. The van der Waals surface area contributed by atoms with E-state index in [1.807, 2.05) is 6.92 Å². The number of hydrogen-bond acceptors (Lipinski definition) is 3. The highest BCUT2D eigenvalue weighted by molar-refractivity contribution is 7.89. The van der Waals surface area contributed by atoms with Gasteiger partial charge in [-0.2, -0.15) is 17.5 Å². The SMILES string of the molecule is CCN1CCN(S(=O)(=O)c2ccc(C(F)(F)F)cc2)CC1. The summed E-state index contributed by atoms with van der Waals surface area (Å²) < 4.78 is 63.5. The van der Waals surface area contributed by atoms with Crippen LogP contribution in [0.2, 0.25) is 0 Å². The molecule has 1 aromatic rings. The zero-order valence-corrected chi connectivity index (χ0v) is 12.4. The summed E-state index contributed by atoms with van der Waals surface area (Å²) in [5, 5.41) is 0. The number of hydrogen-bond donors (Lipinski definition) is 0. The van der Waals surface area contributed by atoms with Crippen LogP contribution >= 0.6 is 0 Å². The number of benzene rings is 1. The fraction of sp³-hybridized carbons (Fsp3) is 0.538. The Kier molecular flexibility index (Phi) is 4.60. The maximum absolute atomic E-state index is 12.5. The Balaban J connectivity index is 2.17. The van der Waals surface area contributed by atoms with Gasteiger partial charge in [-0.25, -0.2) is 8.42 Å². The lowest BCUT2D eigenvalue weighted by molar-refractivity contribution is -0.137. The lowest BCUT2D eigenvalue weighted by Gasteiger charge is -2.33. The van der Waals surface area contributed by atoms with E-state index in [4.69, 9.17) is 0 Å². The number of halogens is 3. The Hall–Kier alpha value is -1.12. The number of sulfonamides is 1. The first-order valence-electron chi connectivity index (χ1n) is 6.65. The average Bonchev–Trinajstić information content (AvgIpc) is 2.46. The van der Waals surface area contributed by atoms with Gasteiger partial charge in [-0.15, -0.1) is 0 Å². The highest BCUT2D eigenvalue weighted by atomic mass is 32.2. The maximum atomic E-state index is 12.5. The molecule has 0 bridgehead atoms. The molecule has 0 unspecified atom stereocenters. The minimum atomic E-state index is -4.46.